The van der Waals surface area contributed by atoms with Crippen LogP contribution in [-0.2, 0) is 4.79 Å². The van der Waals surface area contributed by atoms with Gasteiger partial charge in [0.25, 0.3) is 11.8 Å². The van der Waals surface area contributed by atoms with Crippen LogP contribution in [0.15, 0.2) is 66.7 Å². The molecule has 0 bridgehead atoms. The average Bonchev–Trinajstić information content (AvgIpc) is 3.21. The summed E-state index contributed by atoms with van der Waals surface area (Å²) in [6.45, 7) is 0.00442. The molecule has 30 heavy (non-hydrogen) atoms. The van der Waals surface area contributed by atoms with E-state index in [-0.39, 0.29) is 25.2 Å². The van der Waals surface area contributed by atoms with Crippen molar-refractivity contribution < 1.29 is 23.8 Å². The summed E-state index contributed by atoms with van der Waals surface area (Å²) in [6.07, 6.45) is 0. The van der Waals surface area contributed by atoms with E-state index in [0.29, 0.717) is 39.2 Å². The van der Waals surface area contributed by atoms with E-state index in [0.717, 1.165) is 0 Å². The van der Waals surface area contributed by atoms with E-state index in [1.165, 1.54) is 0 Å². The first-order valence-electron chi connectivity index (χ1n) is 9.07. The van der Waals surface area contributed by atoms with Crippen molar-refractivity contribution in [2.24, 2.45) is 0 Å². The van der Waals surface area contributed by atoms with Gasteiger partial charge in [-0.15, -0.1) is 0 Å². The Morgan fingerprint density at radius 1 is 0.900 bits per heavy atom. The maximum atomic E-state index is 12.3. The fourth-order valence-corrected chi connectivity index (χ4v) is 3.02. The molecule has 0 radical (unpaired) electrons. The second-order valence-electron chi connectivity index (χ2n) is 6.36. The number of nitrogens with one attached hydrogen (secondary N) is 2. The van der Waals surface area contributed by atoms with Gasteiger partial charge in [-0.1, -0.05) is 23.7 Å². The van der Waals surface area contributed by atoms with E-state index in [2.05, 4.69) is 10.6 Å². The van der Waals surface area contributed by atoms with Gasteiger partial charge in [0.1, 0.15) is 5.75 Å². The van der Waals surface area contributed by atoms with E-state index in [4.69, 9.17) is 25.8 Å². The Labute approximate surface area is 177 Å². The highest BCUT2D eigenvalue weighted by Gasteiger charge is 2.14. The van der Waals surface area contributed by atoms with Gasteiger partial charge in [-0.25, -0.2) is 0 Å². The van der Waals surface area contributed by atoms with Crippen molar-refractivity contribution in [1.82, 2.24) is 0 Å². The van der Waals surface area contributed by atoms with Crippen LogP contribution in [0.1, 0.15) is 10.4 Å². The van der Waals surface area contributed by atoms with Gasteiger partial charge >= 0.3 is 0 Å². The molecule has 0 fully saturated rings. The van der Waals surface area contributed by atoms with Crippen LogP contribution < -0.4 is 24.8 Å². The van der Waals surface area contributed by atoms with Crippen LogP contribution in [0.2, 0.25) is 5.02 Å². The van der Waals surface area contributed by atoms with Crippen LogP contribution in [0.4, 0.5) is 11.4 Å². The molecule has 0 saturated heterocycles. The van der Waals surface area contributed by atoms with E-state index in [9.17, 15) is 9.59 Å². The Bertz CT molecular complexity index is 1090. The lowest BCUT2D eigenvalue weighted by atomic mass is 10.2. The number of amides is 2. The molecule has 0 spiro atoms. The number of fused-ring (bicyclic) bond motifs is 1. The van der Waals surface area contributed by atoms with Gasteiger partial charge in [0, 0.05) is 17.4 Å². The van der Waals surface area contributed by atoms with Crippen LogP contribution >= 0.6 is 11.6 Å². The molecule has 0 saturated carbocycles. The fraction of sp³-hybridized carbons (Fsp3) is 0.0909. The molecule has 3 aromatic rings. The molecule has 0 unspecified atom stereocenters. The third-order valence-electron chi connectivity index (χ3n) is 4.26. The van der Waals surface area contributed by atoms with Crippen LogP contribution in [0.3, 0.4) is 0 Å². The molecule has 1 heterocycles. The quantitative estimate of drug-likeness (QED) is 0.614. The minimum absolute atomic E-state index is 0.167. The summed E-state index contributed by atoms with van der Waals surface area (Å²) in [5, 5.41) is 5.88. The van der Waals surface area contributed by atoms with E-state index in [1.54, 1.807) is 66.7 Å². The van der Waals surface area contributed by atoms with Gasteiger partial charge in [0.05, 0.1) is 10.6 Å². The molecule has 1 aliphatic rings. The predicted octanol–water partition coefficient (Wildman–Crippen LogP) is 4.34. The maximum absolute atomic E-state index is 12.3. The molecular formula is C22H17ClN2O5. The lowest BCUT2D eigenvalue weighted by Gasteiger charge is -2.10. The molecule has 4 rings (SSSR count). The first-order valence-corrected chi connectivity index (χ1v) is 9.44. The number of ether oxygens (including phenoxy) is 3. The minimum atomic E-state index is -0.315. The maximum Gasteiger partial charge on any atom is 0.262 e. The zero-order valence-corrected chi connectivity index (χ0v) is 16.4. The number of hydrogen-bond acceptors (Lipinski definition) is 5. The highest BCUT2D eigenvalue weighted by atomic mass is 35.5. The summed E-state index contributed by atoms with van der Waals surface area (Å²) in [5.74, 6) is 1.10. The molecule has 0 aliphatic carbocycles. The van der Waals surface area contributed by atoms with Crippen molar-refractivity contribution >= 4 is 34.8 Å². The summed E-state index contributed by atoms with van der Waals surface area (Å²) in [5.41, 5.74) is 1.56. The third kappa shape index (κ3) is 4.64. The third-order valence-corrected chi connectivity index (χ3v) is 4.59. The molecule has 2 amide bonds. The van der Waals surface area contributed by atoms with Crippen LogP contribution in [-0.4, -0.2) is 25.2 Å². The van der Waals surface area contributed by atoms with Gasteiger partial charge in [0.2, 0.25) is 6.79 Å². The van der Waals surface area contributed by atoms with Gasteiger partial charge in [-0.05, 0) is 48.5 Å². The van der Waals surface area contributed by atoms with E-state index >= 15 is 0 Å². The summed E-state index contributed by atoms with van der Waals surface area (Å²) >= 11 is 6.04. The summed E-state index contributed by atoms with van der Waals surface area (Å²) in [6, 6.07) is 18.6. The Morgan fingerprint density at radius 3 is 2.43 bits per heavy atom. The SMILES string of the molecule is O=C(COc1ccc(NC(=O)c2ccccc2Cl)cc1)Nc1ccc2c(c1)OCO2. The fourth-order valence-electron chi connectivity index (χ4n) is 2.80. The van der Waals surface area contributed by atoms with Gasteiger partial charge in [0.15, 0.2) is 18.1 Å². The number of anilines is 2. The lowest BCUT2D eigenvalue weighted by Crippen LogP contribution is -2.20. The second-order valence-corrected chi connectivity index (χ2v) is 6.77. The number of carbonyl (C=O) groups excluding carboxylic acids is 2. The number of benzene rings is 3. The van der Waals surface area contributed by atoms with Crippen LogP contribution in [0, 0.1) is 0 Å². The molecule has 152 valence electrons. The highest BCUT2D eigenvalue weighted by Crippen LogP contribution is 2.34. The average molecular weight is 425 g/mol. The van der Waals surface area contributed by atoms with Crippen molar-refractivity contribution in [3.05, 3.63) is 77.3 Å². The Balaban J connectivity index is 1.29. The largest absolute Gasteiger partial charge is 0.484 e. The van der Waals surface area contributed by atoms with E-state index < -0.39 is 0 Å². The predicted molar refractivity (Wildman–Crippen MR) is 113 cm³/mol. The van der Waals surface area contributed by atoms with E-state index in [1.807, 2.05) is 0 Å². The number of carbonyl (C=O) groups is 2. The molecule has 2 N–H and O–H groups in total. The van der Waals surface area contributed by atoms with Crippen molar-refractivity contribution in [3.8, 4) is 17.2 Å². The molecular weight excluding hydrogens is 408 g/mol. The Hall–Kier alpha value is -3.71. The Morgan fingerprint density at radius 2 is 1.63 bits per heavy atom. The zero-order chi connectivity index (χ0) is 20.9. The topological polar surface area (TPSA) is 85.9 Å². The van der Waals surface area contributed by atoms with Gasteiger partial charge in [-0.3, -0.25) is 9.59 Å². The van der Waals surface area contributed by atoms with Gasteiger partial charge in [-0.2, -0.15) is 0 Å². The number of rotatable bonds is 6. The number of hydrogen-bond donors (Lipinski definition) is 2. The normalized spacial score (nSPS) is 11.6. The summed E-state index contributed by atoms with van der Waals surface area (Å²) in [7, 11) is 0. The molecule has 1 aliphatic heterocycles. The van der Waals surface area contributed by atoms with Crippen LogP contribution in [0.25, 0.3) is 0 Å². The monoisotopic (exact) mass is 424 g/mol. The first-order chi connectivity index (χ1) is 14.6. The molecule has 7 nitrogen and oxygen atoms in total. The van der Waals surface area contributed by atoms with Crippen molar-refractivity contribution in [1.29, 1.82) is 0 Å². The Kier molecular flexibility index (Phi) is 5.72. The number of halogens is 1. The zero-order valence-electron chi connectivity index (χ0n) is 15.7. The molecule has 8 heteroatoms. The molecule has 0 atom stereocenters. The molecule has 0 aromatic heterocycles. The summed E-state index contributed by atoms with van der Waals surface area (Å²) in [4.78, 5) is 24.4. The van der Waals surface area contributed by atoms with Crippen molar-refractivity contribution in [2.45, 2.75) is 0 Å². The van der Waals surface area contributed by atoms with Gasteiger partial charge < -0.3 is 24.8 Å². The smallest absolute Gasteiger partial charge is 0.262 e. The van der Waals surface area contributed by atoms with Crippen molar-refractivity contribution in [2.75, 3.05) is 24.0 Å². The lowest BCUT2D eigenvalue weighted by molar-refractivity contribution is -0.118. The highest BCUT2D eigenvalue weighted by molar-refractivity contribution is 6.34. The van der Waals surface area contributed by atoms with Crippen LogP contribution in [0.5, 0.6) is 17.2 Å². The van der Waals surface area contributed by atoms with Crippen molar-refractivity contribution in [3.63, 3.8) is 0 Å². The standard InChI is InChI=1S/C22H17ClN2O5/c23-18-4-2-1-3-17(18)22(27)25-14-5-8-16(9-6-14)28-12-21(26)24-15-7-10-19-20(11-15)30-13-29-19/h1-11H,12-13H2,(H,24,26)(H,25,27). The summed E-state index contributed by atoms with van der Waals surface area (Å²) < 4.78 is 16.0. The second kappa shape index (κ2) is 8.75. The molecule has 3 aromatic carbocycles. The first kappa shape index (κ1) is 19.6. The minimum Gasteiger partial charge on any atom is -0.484 e.